The summed E-state index contributed by atoms with van der Waals surface area (Å²) in [5.74, 6) is 0.465. The fourth-order valence-corrected chi connectivity index (χ4v) is 3.13. The Bertz CT molecular complexity index is 1330. The summed E-state index contributed by atoms with van der Waals surface area (Å²) in [4.78, 5) is 21.6. The Morgan fingerprint density at radius 2 is 1.89 bits per heavy atom. The van der Waals surface area contributed by atoms with E-state index in [2.05, 4.69) is 9.97 Å². The molecule has 0 unspecified atom stereocenters. The third-order valence-electron chi connectivity index (χ3n) is 4.33. The lowest BCUT2D eigenvalue weighted by molar-refractivity contribution is 0.570. The molecule has 2 aromatic carbocycles. The molecule has 0 atom stereocenters. The molecule has 27 heavy (non-hydrogen) atoms. The molecule has 0 N–H and O–H groups in total. The summed E-state index contributed by atoms with van der Waals surface area (Å²) in [5.41, 5.74) is 2.60. The van der Waals surface area contributed by atoms with Crippen molar-refractivity contribution >= 4 is 33.7 Å². The van der Waals surface area contributed by atoms with Crippen molar-refractivity contribution in [3.8, 4) is 11.5 Å². The van der Waals surface area contributed by atoms with E-state index in [9.17, 15) is 4.79 Å². The van der Waals surface area contributed by atoms with Gasteiger partial charge in [0.15, 0.2) is 0 Å². The van der Waals surface area contributed by atoms with Crippen molar-refractivity contribution in [1.82, 2.24) is 14.5 Å². The fraction of sp³-hybridized carbons (Fsp3) is 0.0500. The highest BCUT2D eigenvalue weighted by molar-refractivity contribution is 6.30. The van der Waals surface area contributed by atoms with Crippen molar-refractivity contribution < 1.29 is 8.83 Å². The van der Waals surface area contributed by atoms with Crippen molar-refractivity contribution in [1.29, 1.82) is 0 Å². The predicted octanol–water partition coefficient (Wildman–Crippen LogP) is 4.50. The van der Waals surface area contributed by atoms with E-state index in [1.807, 2.05) is 36.4 Å². The van der Waals surface area contributed by atoms with Crippen LogP contribution in [0.4, 0.5) is 0 Å². The van der Waals surface area contributed by atoms with Crippen LogP contribution in [0.25, 0.3) is 33.5 Å². The molecule has 5 aromatic rings. The summed E-state index contributed by atoms with van der Waals surface area (Å²) in [5, 5.41) is 1.46. The van der Waals surface area contributed by atoms with E-state index < -0.39 is 0 Å². The number of furan rings is 1. The minimum Gasteiger partial charge on any atom is -0.448 e. The number of fused-ring (bicyclic) bond motifs is 3. The van der Waals surface area contributed by atoms with Gasteiger partial charge in [0.25, 0.3) is 5.56 Å². The lowest BCUT2D eigenvalue weighted by Gasteiger charge is -2.01. The number of hydrogen-bond acceptors (Lipinski definition) is 5. The summed E-state index contributed by atoms with van der Waals surface area (Å²) in [6, 6.07) is 14.6. The van der Waals surface area contributed by atoms with Gasteiger partial charge in [0.1, 0.15) is 17.4 Å². The van der Waals surface area contributed by atoms with E-state index >= 15 is 0 Å². The highest BCUT2D eigenvalue weighted by Crippen LogP contribution is 2.24. The summed E-state index contributed by atoms with van der Waals surface area (Å²) < 4.78 is 12.7. The first-order valence-corrected chi connectivity index (χ1v) is 8.64. The molecule has 0 saturated carbocycles. The number of oxazole rings is 1. The first-order valence-electron chi connectivity index (χ1n) is 8.26. The summed E-state index contributed by atoms with van der Waals surface area (Å²) in [6.45, 7) is 0.232. The number of para-hydroxylation sites is 1. The van der Waals surface area contributed by atoms with Crippen LogP contribution in [0.3, 0.4) is 0 Å². The Morgan fingerprint density at radius 3 is 2.74 bits per heavy atom. The highest BCUT2D eigenvalue weighted by Gasteiger charge is 2.14. The van der Waals surface area contributed by atoms with Crippen LogP contribution in [0.15, 0.2) is 74.8 Å². The Labute approximate surface area is 157 Å². The fourth-order valence-electron chi connectivity index (χ4n) is 3.01. The van der Waals surface area contributed by atoms with Gasteiger partial charge in [-0.15, -0.1) is 0 Å². The zero-order chi connectivity index (χ0) is 18.4. The number of rotatable bonds is 3. The Kier molecular flexibility index (Phi) is 3.58. The molecule has 0 spiro atoms. The standard InChI is InChI=1S/C20H12ClN3O3/c21-13-7-5-12(6-8-13)19-23-14(10-26-19)9-24-11-22-17-15-3-1-2-4-16(15)27-18(17)20(24)25/h1-8,10-11H,9H2. The second-order valence-corrected chi connectivity index (χ2v) is 6.54. The molecule has 0 radical (unpaired) electrons. The molecule has 7 heteroatoms. The van der Waals surface area contributed by atoms with Gasteiger partial charge in [0, 0.05) is 16.0 Å². The van der Waals surface area contributed by atoms with Crippen LogP contribution in [0.2, 0.25) is 5.02 Å². The lowest BCUT2D eigenvalue weighted by atomic mass is 10.2. The van der Waals surface area contributed by atoms with Crippen LogP contribution in [0.5, 0.6) is 0 Å². The SMILES string of the molecule is O=c1c2oc3ccccc3c2ncn1Cc1coc(-c2ccc(Cl)cc2)n1. The molecule has 5 rings (SSSR count). The first kappa shape index (κ1) is 15.8. The predicted molar refractivity (Wildman–Crippen MR) is 102 cm³/mol. The van der Waals surface area contributed by atoms with Crippen LogP contribution in [0.1, 0.15) is 5.69 Å². The number of benzene rings is 2. The maximum absolute atomic E-state index is 12.8. The number of aromatic nitrogens is 3. The lowest BCUT2D eigenvalue weighted by Crippen LogP contribution is -2.20. The highest BCUT2D eigenvalue weighted by atomic mass is 35.5. The quantitative estimate of drug-likeness (QED) is 0.463. The van der Waals surface area contributed by atoms with Crippen LogP contribution in [-0.4, -0.2) is 14.5 Å². The smallest absolute Gasteiger partial charge is 0.297 e. The molecular formula is C20H12ClN3O3. The molecule has 0 amide bonds. The van der Waals surface area contributed by atoms with Gasteiger partial charge in [-0.2, -0.15) is 0 Å². The van der Waals surface area contributed by atoms with Gasteiger partial charge in [0.2, 0.25) is 11.5 Å². The normalized spacial score (nSPS) is 11.4. The van der Waals surface area contributed by atoms with Crippen LogP contribution >= 0.6 is 11.6 Å². The van der Waals surface area contributed by atoms with E-state index in [1.54, 1.807) is 12.1 Å². The van der Waals surface area contributed by atoms with Crippen LogP contribution in [0, 0.1) is 0 Å². The average molecular weight is 378 g/mol. The van der Waals surface area contributed by atoms with E-state index in [0.29, 0.717) is 27.7 Å². The van der Waals surface area contributed by atoms with Gasteiger partial charge in [-0.05, 0) is 36.4 Å². The molecule has 132 valence electrons. The Balaban J connectivity index is 1.51. The van der Waals surface area contributed by atoms with Crippen LogP contribution in [-0.2, 0) is 6.54 Å². The number of hydrogen-bond donors (Lipinski definition) is 0. The molecule has 3 heterocycles. The van der Waals surface area contributed by atoms with Gasteiger partial charge >= 0.3 is 0 Å². The van der Waals surface area contributed by atoms with E-state index in [1.165, 1.54) is 17.2 Å². The molecule has 0 saturated heterocycles. The van der Waals surface area contributed by atoms with Crippen molar-refractivity contribution in [3.05, 3.63) is 82.2 Å². The summed E-state index contributed by atoms with van der Waals surface area (Å²) in [6.07, 6.45) is 3.03. The third-order valence-corrected chi connectivity index (χ3v) is 4.58. The second kappa shape index (κ2) is 6.10. The van der Waals surface area contributed by atoms with Gasteiger partial charge in [-0.3, -0.25) is 9.36 Å². The van der Waals surface area contributed by atoms with Gasteiger partial charge in [-0.25, -0.2) is 9.97 Å². The van der Waals surface area contributed by atoms with Crippen molar-refractivity contribution in [2.24, 2.45) is 0 Å². The molecule has 6 nitrogen and oxygen atoms in total. The third kappa shape index (κ3) is 2.71. The Hall–Kier alpha value is -3.38. The molecule has 0 fully saturated rings. The van der Waals surface area contributed by atoms with E-state index in [0.717, 1.165) is 10.9 Å². The van der Waals surface area contributed by atoms with Gasteiger partial charge < -0.3 is 8.83 Å². The van der Waals surface area contributed by atoms with Crippen molar-refractivity contribution in [2.75, 3.05) is 0 Å². The maximum atomic E-state index is 12.8. The minimum absolute atomic E-state index is 0.232. The zero-order valence-electron chi connectivity index (χ0n) is 13.9. The second-order valence-electron chi connectivity index (χ2n) is 6.10. The summed E-state index contributed by atoms with van der Waals surface area (Å²) in [7, 11) is 0. The molecule has 0 aliphatic rings. The Morgan fingerprint density at radius 1 is 1.07 bits per heavy atom. The molecular weight excluding hydrogens is 366 g/mol. The van der Waals surface area contributed by atoms with Crippen molar-refractivity contribution in [3.63, 3.8) is 0 Å². The van der Waals surface area contributed by atoms with Gasteiger partial charge in [-0.1, -0.05) is 23.7 Å². The molecule has 0 aliphatic heterocycles. The monoisotopic (exact) mass is 377 g/mol. The van der Waals surface area contributed by atoms with Gasteiger partial charge in [0.05, 0.1) is 18.6 Å². The topological polar surface area (TPSA) is 74.1 Å². The van der Waals surface area contributed by atoms with E-state index in [4.69, 9.17) is 20.4 Å². The van der Waals surface area contributed by atoms with Crippen molar-refractivity contribution in [2.45, 2.75) is 6.54 Å². The first-order chi connectivity index (χ1) is 13.2. The largest absolute Gasteiger partial charge is 0.448 e. The number of nitrogens with zero attached hydrogens (tertiary/aromatic N) is 3. The minimum atomic E-state index is -0.257. The molecule has 0 aliphatic carbocycles. The molecule has 0 bridgehead atoms. The molecule has 3 aromatic heterocycles. The maximum Gasteiger partial charge on any atom is 0.297 e. The zero-order valence-corrected chi connectivity index (χ0v) is 14.7. The number of halogens is 1. The van der Waals surface area contributed by atoms with E-state index in [-0.39, 0.29) is 17.7 Å². The van der Waals surface area contributed by atoms with Crippen LogP contribution < -0.4 is 5.56 Å². The average Bonchev–Trinajstić information content (AvgIpc) is 3.30. The summed E-state index contributed by atoms with van der Waals surface area (Å²) >= 11 is 5.90.